The summed E-state index contributed by atoms with van der Waals surface area (Å²) in [5.41, 5.74) is -0.345. The quantitative estimate of drug-likeness (QED) is 0.642. The highest BCUT2D eigenvalue weighted by atomic mass is 79.9. The summed E-state index contributed by atoms with van der Waals surface area (Å²) in [5, 5.41) is 0. The molecule has 0 aliphatic heterocycles. The molecule has 0 radical (unpaired) electrons. The largest absolute Gasteiger partial charge is 0.351 e. The highest BCUT2D eigenvalue weighted by molar-refractivity contribution is 9.10. The van der Waals surface area contributed by atoms with Gasteiger partial charge in [-0.3, -0.25) is 4.79 Å². The van der Waals surface area contributed by atoms with E-state index in [-0.39, 0.29) is 5.69 Å². The van der Waals surface area contributed by atoms with E-state index in [0.29, 0.717) is 4.60 Å². The van der Waals surface area contributed by atoms with E-state index in [4.69, 9.17) is 0 Å². The number of hydrogen-bond donors (Lipinski definition) is 1. The minimum atomic E-state index is -0.719. The second kappa shape index (κ2) is 2.54. The van der Waals surface area contributed by atoms with Gasteiger partial charge in [0.25, 0.3) is 0 Å². The monoisotopic (exact) mass is 205 g/mol. The Balaban J connectivity index is 3.46. The standard InChI is InChI=1S/C6H5BrFNO/c1-3-6(8)4(10)2-5(7)9-3/h2H,1H3,(H,9,10). The van der Waals surface area contributed by atoms with E-state index in [1.54, 1.807) is 0 Å². The lowest BCUT2D eigenvalue weighted by atomic mass is 10.3. The summed E-state index contributed by atoms with van der Waals surface area (Å²) in [4.78, 5) is 13.3. The Morgan fingerprint density at radius 1 is 1.70 bits per heavy atom. The van der Waals surface area contributed by atoms with Gasteiger partial charge in [0.2, 0.25) is 5.43 Å². The molecular weight excluding hydrogens is 201 g/mol. The van der Waals surface area contributed by atoms with Crippen molar-refractivity contribution in [1.29, 1.82) is 0 Å². The lowest BCUT2D eigenvalue weighted by Crippen LogP contribution is -2.08. The Hall–Kier alpha value is -0.640. The van der Waals surface area contributed by atoms with Crippen LogP contribution in [0.3, 0.4) is 0 Å². The van der Waals surface area contributed by atoms with Crippen LogP contribution in [0.15, 0.2) is 15.5 Å². The van der Waals surface area contributed by atoms with E-state index in [0.717, 1.165) is 6.07 Å². The van der Waals surface area contributed by atoms with Crippen molar-refractivity contribution < 1.29 is 4.39 Å². The van der Waals surface area contributed by atoms with Gasteiger partial charge < -0.3 is 4.98 Å². The molecule has 10 heavy (non-hydrogen) atoms. The maximum absolute atomic E-state index is 12.5. The Kier molecular flexibility index (Phi) is 1.89. The molecule has 1 aromatic heterocycles. The molecule has 0 saturated heterocycles. The maximum atomic E-state index is 12.5. The van der Waals surface area contributed by atoms with Crippen molar-refractivity contribution in [2.75, 3.05) is 0 Å². The van der Waals surface area contributed by atoms with Crippen molar-refractivity contribution in [3.8, 4) is 0 Å². The average Bonchev–Trinajstić information content (AvgIpc) is 1.82. The van der Waals surface area contributed by atoms with Crippen LogP contribution in [0, 0.1) is 12.7 Å². The minimum Gasteiger partial charge on any atom is -0.351 e. The zero-order valence-electron chi connectivity index (χ0n) is 5.24. The molecule has 54 valence electrons. The first-order valence-electron chi connectivity index (χ1n) is 2.66. The summed E-state index contributed by atoms with van der Waals surface area (Å²) in [6, 6.07) is 1.16. The SMILES string of the molecule is Cc1[nH]c(Br)cc(=O)c1F. The second-order valence-corrected chi connectivity index (χ2v) is 2.77. The Labute approximate surface area is 65.2 Å². The zero-order chi connectivity index (χ0) is 7.72. The van der Waals surface area contributed by atoms with Crippen molar-refractivity contribution in [3.05, 3.63) is 32.4 Å². The summed E-state index contributed by atoms with van der Waals surface area (Å²) in [6.07, 6.45) is 0. The van der Waals surface area contributed by atoms with Crippen LogP contribution in [0.25, 0.3) is 0 Å². The van der Waals surface area contributed by atoms with Crippen LogP contribution in [0.2, 0.25) is 0 Å². The maximum Gasteiger partial charge on any atom is 0.218 e. The van der Waals surface area contributed by atoms with Gasteiger partial charge in [0, 0.05) is 6.07 Å². The summed E-state index contributed by atoms with van der Waals surface area (Å²) in [7, 11) is 0. The van der Waals surface area contributed by atoms with Gasteiger partial charge in [-0.1, -0.05) is 0 Å². The van der Waals surface area contributed by atoms with Crippen LogP contribution in [-0.2, 0) is 0 Å². The van der Waals surface area contributed by atoms with Crippen LogP contribution < -0.4 is 5.43 Å². The highest BCUT2D eigenvalue weighted by Gasteiger charge is 2.01. The summed E-state index contributed by atoms with van der Waals surface area (Å²) < 4.78 is 13.0. The number of hydrogen-bond acceptors (Lipinski definition) is 1. The molecule has 1 N–H and O–H groups in total. The Morgan fingerprint density at radius 3 is 2.80 bits per heavy atom. The molecule has 0 fully saturated rings. The van der Waals surface area contributed by atoms with Crippen LogP contribution in [0.4, 0.5) is 4.39 Å². The van der Waals surface area contributed by atoms with Crippen molar-refractivity contribution in [1.82, 2.24) is 4.98 Å². The molecule has 0 saturated carbocycles. The fourth-order valence-corrected chi connectivity index (χ4v) is 1.14. The molecule has 4 heteroatoms. The number of nitrogens with one attached hydrogen (secondary N) is 1. The predicted octanol–water partition coefficient (Wildman–Crippen LogP) is 1.58. The van der Waals surface area contributed by atoms with Crippen LogP contribution >= 0.6 is 15.9 Å². The van der Waals surface area contributed by atoms with Gasteiger partial charge in [-0.15, -0.1) is 0 Å². The zero-order valence-corrected chi connectivity index (χ0v) is 6.83. The lowest BCUT2D eigenvalue weighted by Gasteiger charge is -1.94. The van der Waals surface area contributed by atoms with E-state index < -0.39 is 11.2 Å². The van der Waals surface area contributed by atoms with E-state index in [9.17, 15) is 9.18 Å². The highest BCUT2D eigenvalue weighted by Crippen LogP contribution is 2.04. The van der Waals surface area contributed by atoms with E-state index in [1.807, 2.05) is 0 Å². The molecule has 2 nitrogen and oxygen atoms in total. The molecule has 0 bridgehead atoms. The van der Waals surface area contributed by atoms with Crippen molar-refractivity contribution in [2.45, 2.75) is 6.92 Å². The number of H-pyrrole nitrogens is 1. The normalized spacial score (nSPS) is 9.90. The van der Waals surface area contributed by atoms with Crippen molar-refractivity contribution in [2.24, 2.45) is 0 Å². The second-order valence-electron chi connectivity index (χ2n) is 1.92. The number of pyridine rings is 1. The predicted molar refractivity (Wildman–Crippen MR) is 39.5 cm³/mol. The fraction of sp³-hybridized carbons (Fsp3) is 0.167. The third-order valence-electron chi connectivity index (χ3n) is 1.11. The lowest BCUT2D eigenvalue weighted by molar-refractivity contribution is 0.598. The van der Waals surface area contributed by atoms with E-state index in [1.165, 1.54) is 6.92 Å². The molecule has 0 aromatic carbocycles. The van der Waals surface area contributed by atoms with Gasteiger partial charge in [0.1, 0.15) is 0 Å². The molecule has 0 amide bonds. The van der Waals surface area contributed by atoms with E-state index in [2.05, 4.69) is 20.9 Å². The Bertz CT molecular complexity index is 307. The minimum absolute atomic E-state index is 0.249. The summed E-state index contributed by atoms with van der Waals surface area (Å²) in [5.74, 6) is -0.719. The molecule has 0 aliphatic carbocycles. The van der Waals surface area contributed by atoms with Gasteiger partial charge in [0.05, 0.1) is 10.3 Å². The third-order valence-corrected chi connectivity index (χ3v) is 1.54. The fourth-order valence-electron chi connectivity index (χ4n) is 0.633. The summed E-state index contributed by atoms with van der Waals surface area (Å²) >= 11 is 3.02. The molecule has 1 rings (SSSR count). The number of aromatic amines is 1. The van der Waals surface area contributed by atoms with Crippen molar-refractivity contribution in [3.63, 3.8) is 0 Å². The van der Waals surface area contributed by atoms with Crippen LogP contribution in [0.5, 0.6) is 0 Å². The first-order valence-corrected chi connectivity index (χ1v) is 3.45. The van der Waals surface area contributed by atoms with Crippen LogP contribution in [-0.4, -0.2) is 4.98 Å². The first-order chi connectivity index (χ1) is 4.61. The number of aromatic nitrogens is 1. The number of halogens is 2. The number of aryl methyl sites for hydroxylation is 1. The smallest absolute Gasteiger partial charge is 0.218 e. The van der Waals surface area contributed by atoms with Gasteiger partial charge in [-0.25, -0.2) is 4.39 Å². The van der Waals surface area contributed by atoms with Gasteiger partial charge in [-0.2, -0.15) is 0 Å². The van der Waals surface area contributed by atoms with Crippen LogP contribution in [0.1, 0.15) is 5.69 Å². The molecular formula is C6H5BrFNO. The molecule has 1 aromatic rings. The first kappa shape index (κ1) is 7.47. The molecule has 0 atom stereocenters. The molecule has 1 heterocycles. The van der Waals surface area contributed by atoms with Gasteiger partial charge in [0.15, 0.2) is 5.82 Å². The summed E-state index contributed by atoms with van der Waals surface area (Å²) in [6.45, 7) is 1.50. The number of rotatable bonds is 0. The van der Waals surface area contributed by atoms with Crippen molar-refractivity contribution >= 4 is 15.9 Å². The third kappa shape index (κ3) is 1.26. The van der Waals surface area contributed by atoms with E-state index >= 15 is 0 Å². The molecule has 0 unspecified atom stereocenters. The topological polar surface area (TPSA) is 32.9 Å². The molecule has 0 spiro atoms. The Morgan fingerprint density at radius 2 is 2.30 bits per heavy atom. The van der Waals surface area contributed by atoms with Gasteiger partial charge >= 0.3 is 0 Å². The van der Waals surface area contributed by atoms with Gasteiger partial charge in [-0.05, 0) is 22.9 Å². The molecule has 0 aliphatic rings. The average molecular weight is 206 g/mol.